The first-order valence-corrected chi connectivity index (χ1v) is 8.73. The number of aliphatic hydroxyl groups is 1. The number of benzene rings is 1. The fraction of sp³-hybridized carbons (Fsp3) is 0.684. The molecule has 4 nitrogen and oxygen atoms in total. The summed E-state index contributed by atoms with van der Waals surface area (Å²) in [6.07, 6.45) is -0.317. The Labute approximate surface area is 140 Å². The third-order valence-corrected chi connectivity index (χ3v) is 4.95. The lowest BCUT2D eigenvalue weighted by Gasteiger charge is -2.36. The Kier molecular flexibility index (Phi) is 6.06. The summed E-state index contributed by atoms with van der Waals surface area (Å²) in [5.41, 5.74) is 4.45. The minimum Gasteiger partial charge on any atom is -0.491 e. The Morgan fingerprint density at radius 1 is 1.09 bits per heavy atom. The standard InChI is InChI=1S/C19H32N2O2/c1-12(2)23-17-11-13(3)18(15(5)14(17)4)19(22)16(6)21-9-7-20-8-10-21/h11-12,16,19-20,22H,7-10H2,1-6H3. The van der Waals surface area contributed by atoms with Crippen LogP contribution in [0.3, 0.4) is 0 Å². The van der Waals surface area contributed by atoms with E-state index in [-0.39, 0.29) is 12.1 Å². The van der Waals surface area contributed by atoms with Crippen molar-refractivity contribution < 1.29 is 9.84 Å². The van der Waals surface area contributed by atoms with Crippen LogP contribution in [0.1, 0.15) is 49.1 Å². The molecule has 2 rings (SSSR count). The zero-order valence-corrected chi connectivity index (χ0v) is 15.4. The zero-order chi connectivity index (χ0) is 17.1. The minimum absolute atomic E-state index is 0.116. The van der Waals surface area contributed by atoms with Gasteiger partial charge in [-0.2, -0.15) is 0 Å². The van der Waals surface area contributed by atoms with Crippen LogP contribution < -0.4 is 10.1 Å². The molecule has 1 aromatic carbocycles. The van der Waals surface area contributed by atoms with E-state index in [0.717, 1.165) is 54.2 Å². The van der Waals surface area contributed by atoms with E-state index >= 15 is 0 Å². The second-order valence-electron chi connectivity index (χ2n) is 6.99. The monoisotopic (exact) mass is 320 g/mol. The van der Waals surface area contributed by atoms with Crippen molar-refractivity contribution >= 4 is 0 Å². The molecule has 0 amide bonds. The summed E-state index contributed by atoms with van der Waals surface area (Å²) >= 11 is 0. The number of piperazine rings is 1. The SMILES string of the molecule is Cc1cc(OC(C)C)c(C)c(C)c1C(O)C(C)N1CCNCC1. The fourth-order valence-corrected chi connectivity index (χ4v) is 3.43. The molecule has 1 fully saturated rings. The van der Waals surface area contributed by atoms with Gasteiger partial charge in [-0.1, -0.05) is 0 Å². The average molecular weight is 320 g/mol. The molecular weight excluding hydrogens is 288 g/mol. The van der Waals surface area contributed by atoms with Gasteiger partial charge >= 0.3 is 0 Å². The van der Waals surface area contributed by atoms with Gasteiger partial charge in [0.1, 0.15) is 5.75 Å². The van der Waals surface area contributed by atoms with Crippen LogP contribution in [-0.4, -0.2) is 48.3 Å². The van der Waals surface area contributed by atoms with Crippen molar-refractivity contribution in [2.45, 2.75) is 59.8 Å². The average Bonchev–Trinajstić information content (AvgIpc) is 2.52. The van der Waals surface area contributed by atoms with E-state index in [1.165, 1.54) is 0 Å². The van der Waals surface area contributed by atoms with Crippen molar-refractivity contribution in [1.29, 1.82) is 0 Å². The van der Waals surface area contributed by atoms with Gasteiger partial charge in [0.2, 0.25) is 0 Å². The van der Waals surface area contributed by atoms with Gasteiger partial charge in [0.05, 0.1) is 12.2 Å². The minimum atomic E-state index is -0.472. The maximum absolute atomic E-state index is 11.0. The molecule has 0 aliphatic carbocycles. The summed E-state index contributed by atoms with van der Waals surface area (Å²) in [6.45, 7) is 16.4. The van der Waals surface area contributed by atoms with Crippen molar-refractivity contribution in [3.8, 4) is 5.75 Å². The number of aliphatic hydroxyl groups excluding tert-OH is 1. The molecular formula is C19H32N2O2. The highest BCUT2D eigenvalue weighted by atomic mass is 16.5. The van der Waals surface area contributed by atoms with Gasteiger partial charge in [0, 0.05) is 32.2 Å². The van der Waals surface area contributed by atoms with E-state index in [1.807, 2.05) is 13.8 Å². The molecule has 1 aliphatic heterocycles. The molecule has 1 aromatic rings. The Bertz CT molecular complexity index is 537. The Balaban J connectivity index is 2.29. The third kappa shape index (κ3) is 4.06. The lowest BCUT2D eigenvalue weighted by Crippen LogP contribution is -2.49. The van der Waals surface area contributed by atoms with E-state index in [4.69, 9.17) is 4.74 Å². The number of hydrogen-bond acceptors (Lipinski definition) is 4. The lowest BCUT2D eigenvalue weighted by molar-refractivity contribution is 0.0501. The Morgan fingerprint density at radius 2 is 1.70 bits per heavy atom. The van der Waals surface area contributed by atoms with Crippen LogP contribution in [0.15, 0.2) is 6.07 Å². The second-order valence-corrected chi connectivity index (χ2v) is 6.99. The molecule has 1 aliphatic rings. The second kappa shape index (κ2) is 7.65. The molecule has 2 unspecified atom stereocenters. The number of ether oxygens (including phenoxy) is 1. The predicted molar refractivity (Wildman–Crippen MR) is 95.3 cm³/mol. The molecule has 0 saturated carbocycles. The molecule has 0 aromatic heterocycles. The van der Waals surface area contributed by atoms with E-state index in [1.54, 1.807) is 0 Å². The Morgan fingerprint density at radius 3 is 2.26 bits per heavy atom. The lowest BCUT2D eigenvalue weighted by atomic mass is 9.90. The first-order chi connectivity index (χ1) is 10.8. The molecule has 0 spiro atoms. The topological polar surface area (TPSA) is 44.7 Å². The van der Waals surface area contributed by atoms with Gasteiger partial charge in [-0.15, -0.1) is 0 Å². The first-order valence-electron chi connectivity index (χ1n) is 8.73. The largest absolute Gasteiger partial charge is 0.491 e. The maximum atomic E-state index is 11.0. The summed E-state index contributed by atoms with van der Waals surface area (Å²) in [4.78, 5) is 2.37. The van der Waals surface area contributed by atoms with Crippen LogP contribution in [-0.2, 0) is 0 Å². The normalized spacial score (nSPS) is 19.0. The van der Waals surface area contributed by atoms with E-state index in [9.17, 15) is 5.11 Å². The third-order valence-electron chi connectivity index (χ3n) is 4.95. The van der Waals surface area contributed by atoms with Gasteiger partial charge < -0.3 is 15.2 Å². The molecule has 130 valence electrons. The maximum Gasteiger partial charge on any atom is 0.123 e. The number of aryl methyl sites for hydroxylation is 1. The van der Waals surface area contributed by atoms with Crippen molar-refractivity contribution in [1.82, 2.24) is 10.2 Å². The Hall–Kier alpha value is -1.10. The molecule has 1 heterocycles. The van der Waals surface area contributed by atoms with Gasteiger partial charge in [0.15, 0.2) is 0 Å². The molecule has 23 heavy (non-hydrogen) atoms. The fourth-order valence-electron chi connectivity index (χ4n) is 3.43. The molecule has 0 bridgehead atoms. The van der Waals surface area contributed by atoms with Crippen molar-refractivity contribution in [3.05, 3.63) is 28.3 Å². The summed E-state index contributed by atoms with van der Waals surface area (Å²) in [7, 11) is 0. The van der Waals surface area contributed by atoms with E-state index < -0.39 is 6.10 Å². The van der Waals surface area contributed by atoms with Crippen molar-refractivity contribution in [2.75, 3.05) is 26.2 Å². The summed E-state index contributed by atoms with van der Waals surface area (Å²) in [5, 5.41) is 14.4. The molecule has 0 radical (unpaired) electrons. The van der Waals surface area contributed by atoms with Gasteiger partial charge in [0.25, 0.3) is 0 Å². The number of hydrogen-bond donors (Lipinski definition) is 2. The quantitative estimate of drug-likeness (QED) is 0.875. The van der Waals surface area contributed by atoms with Gasteiger partial charge in [-0.05, 0) is 69.9 Å². The number of nitrogens with zero attached hydrogens (tertiary/aromatic N) is 1. The summed E-state index contributed by atoms with van der Waals surface area (Å²) in [5.74, 6) is 0.931. The zero-order valence-electron chi connectivity index (χ0n) is 15.4. The molecule has 2 atom stereocenters. The highest BCUT2D eigenvalue weighted by Crippen LogP contribution is 2.34. The van der Waals surface area contributed by atoms with Crippen LogP contribution in [0.5, 0.6) is 5.75 Å². The molecule has 4 heteroatoms. The van der Waals surface area contributed by atoms with Crippen LogP contribution >= 0.6 is 0 Å². The molecule has 1 saturated heterocycles. The van der Waals surface area contributed by atoms with Crippen molar-refractivity contribution in [3.63, 3.8) is 0 Å². The van der Waals surface area contributed by atoms with E-state index in [2.05, 4.69) is 44.0 Å². The summed E-state index contributed by atoms with van der Waals surface area (Å²) < 4.78 is 5.92. The highest BCUT2D eigenvalue weighted by Gasteiger charge is 2.27. The van der Waals surface area contributed by atoms with Crippen LogP contribution in [0.25, 0.3) is 0 Å². The van der Waals surface area contributed by atoms with Crippen LogP contribution in [0.4, 0.5) is 0 Å². The number of rotatable bonds is 5. The first kappa shape index (κ1) is 18.2. The van der Waals surface area contributed by atoms with Gasteiger partial charge in [-0.25, -0.2) is 0 Å². The van der Waals surface area contributed by atoms with Crippen molar-refractivity contribution in [2.24, 2.45) is 0 Å². The molecule has 2 N–H and O–H groups in total. The van der Waals surface area contributed by atoms with Gasteiger partial charge in [-0.3, -0.25) is 4.90 Å². The van der Waals surface area contributed by atoms with Crippen LogP contribution in [0, 0.1) is 20.8 Å². The predicted octanol–water partition coefficient (Wildman–Crippen LogP) is 2.73. The van der Waals surface area contributed by atoms with Crippen LogP contribution in [0.2, 0.25) is 0 Å². The number of nitrogens with one attached hydrogen (secondary N) is 1. The summed E-state index contributed by atoms with van der Waals surface area (Å²) in [6, 6.07) is 2.19. The smallest absolute Gasteiger partial charge is 0.123 e. The highest BCUT2D eigenvalue weighted by molar-refractivity contribution is 5.49. The van der Waals surface area contributed by atoms with E-state index in [0.29, 0.717) is 0 Å².